The Morgan fingerprint density at radius 3 is 2.38 bits per heavy atom. The van der Waals surface area contributed by atoms with E-state index in [9.17, 15) is 8.42 Å². The first kappa shape index (κ1) is 11.0. The number of hydrogen-bond donors (Lipinski definition) is 2. The molecule has 6 nitrogen and oxygen atoms in total. The fraction of sp³-hybridized carbons (Fsp3) is 0. The molecule has 0 bridgehead atoms. The van der Waals surface area contributed by atoms with Gasteiger partial charge in [0.15, 0.2) is 0 Å². The molecule has 0 saturated heterocycles. The summed E-state index contributed by atoms with van der Waals surface area (Å²) < 4.78 is 27.1. The second-order valence-corrected chi connectivity index (χ2v) is 4.92. The van der Waals surface area contributed by atoms with Gasteiger partial charge < -0.3 is 4.42 Å². The zero-order chi connectivity index (χ0) is 11.8. The summed E-state index contributed by atoms with van der Waals surface area (Å²) in [5, 5.41) is 11.2. The van der Waals surface area contributed by atoms with E-state index in [1.54, 1.807) is 0 Å². The number of aromatic nitrogens is 2. The van der Waals surface area contributed by atoms with E-state index in [1.807, 2.05) is 0 Å². The number of benzene rings is 1. The summed E-state index contributed by atoms with van der Waals surface area (Å²) in [6.07, 6.45) is 0. The Kier molecular flexibility index (Phi) is 2.62. The first-order valence-electron chi connectivity index (χ1n) is 4.15. The standard InChI is InChI=1S/C8H7N3O3S2/c9-16(12,13)6-3-1-5(2-4-6)7-10-11-8(15)14-7/h1-4H,(H,11,15)(H2,9,12,13). The third-order valence-corrected chi connectivity index (χ3v) is 2.97. The lowest BCUT2D eigenvalue weighted by atomic mass is 10.2. The van der Waals surface area contributed by atoms with E-state index in [0.29, 0.717) is 11.5 Å². The van der Waals surface area contributed by atoms with Gasteiger partial charge in [0.05, 0.1) is 4.90 Å². The molecule has 1 heterocycles. The summed E-state index contributed by atoms with van der Waals surface area (Å²) in [4.78, 5) is 0.191. The van der Waals surface area contributed by atoms with E-state index in [0.717, 1.165) is 0 Å². The van der Waals surface area contributed by atoms with Gasteiger partial charge in [0.25, 0.3) is 4.84 Å². The highest BCUT2D eigenvalue weighted by molar-refractivity contribution is 7.89. The molecule has 0 fully saturated rings. The molecular formula is C8H7N3O3S2. The Labute approximate surface area is 96.2 Å². The van der Waals surface area contributed by atoms with Crippen molar-refractivity contribution in [1.82, 2.24) is 10.2 Å². The first-order chi connectivity index (χ1) is 7.47. The number of hydrogen-bond acceptors (Lipinski definition) is 5. The molecule has 16 heavy (non-hydrogen) atoms. The van der Waals surface area contributed by atoms with Crippen LogP contribution in [0.5, 0.6) is 0 Å². The molecular weight excluding hydrogens is 250 g/mol. The summed E-state index contributed by atoms with van der Waals surface area (Å²) in [5.74, 6) is 0.297. The summed E-state index contributed by atoms with van der Waals surface area (Å²) in [5.41, 5.74) is 0.611. The third-order valence-electron chi connectivity index (χ3n) is 1.87. The maximum absolute atomic E-state index is 11.0. The molecule has 0 amide bonds. The van der Waals surface area contributed by atoms with Crippen molar-refractivity contribution in [2.24, 2.45) is 5.14 Å². The Balaban J connectivity index is 2.44. The molecule has 0 spiro atoms. The van der Waals surface area contributed by atoms with Crippen LogP contribution in [0.3, 0.4) is 0 Å². The van der Waals surface area contributed by atoms with Crippen molar-refractivity contribution in [2.75, 3.05) is 0 Å². The minimum Gasteiger partial charge on any atom is -0.409 e. The predicted octanol–water partition coefficient (Wildman–Crippen LogP) is 1.05. The van der Waals surface area contributed by atoms with Crippen molar-refractivity contribution in [3.05, 3.63) is 29.1 Å². The van der Waals surface area contributed by atoms with Gasteiger partial charge in [-0.05, 0) is 36.5 Å². The van der Waals surface area contributed by atoms with Crippen LogP contribution in [0.4, 0.5) is 0 Å². The Morgan fingerprint density at radius 1 is 1.31 bits per heavy atom. The normalized spacial score (nSPS) is 11.6. The molecule has 2 aromatic rings. The largest absolute Gasteiger partial charge is 0.409 e. The van der Waals surface area contributed by atoms with Crippen LogP contribution in [0.2, 0.25) is 0 Å². The first-order valence-corrected chi connectivity index (χ1v) is 6.11. The van der Waals surface area contributed by atoms with E-state index in [4.69, 9.17) is 21.8 Å². The lowest BCUT2D eigenvalue weighted by Crippen LogP contribution is -2.11. The van der Waals surface area contributed by atoms with Crippen molar-refractivity contribution < 1.29 is 12.8 Å². The van der Waals surface area contributed by atoms with Gasteiger partial charge in [0.2, 0.25) is 15.9 Å². The number of sulfonamides is 1. The average Bonchev–Trinajstić information content (AvgIpc) is 2.64. The second kappa shape index (κ2) is 3.81. The molecule has 0 atom stereocenters. The SMILES string of the molecule is NS(=O)(=O)c1ccc(-c2n[nH]c(=S)o2)cc1. The highest BCUT2D eigenvalue weighted by atomic mass is 32.2. The quantitative estimate of drug-likeness (QED) is 0.783. The third kappa shape index (κ3) is 2.18. The van der Waals surface area contributed by atoms with Crippen molar-refractivity contribution in [3.8, 4) is 11.5 Å². The zero-order valence-electron chi connectivity index (χ0n) is 7.88. The summed E-state index contributed by atoms with van der Waals surface area (Å²) >= 11 is 4.72. The fourth-order valence-corrected chi connectivity index (χ4v) is 1.78. The van der Waals surface area contributed by atoms with Crippen LogP contribution < -0.4 is 5.14 Å². The molecule has 0 aliphatic heterocycles. The van der Waals surface area contributed by atoms with Crippen LogP contribution in [0.15, 0.2) is 33.6 Å². The van der Waals surface area contributed by atoms with Gasteiger partial charge in [-0.3, -0.25) is 0 Å². The Bertz CT molecular complexity index is 654. The average molecular weight is 257 g/mol. The minimum atomic E-state index is -3.68. The number of H-pyrrole nitrogens is 1. The summed E-state index contributed by atoms with van der Waals surface area (Å²) in [6.45, 7) is 0. The predicted molar refractivity (Wildman–Crippen MR) is 58.5 cm³/mol. The van der Waals surface area contributed by atoms with E-state index >= 15 is 0 Å². The molecule has 0 aliphatic rings. The van der Waals surface area contributed by atoms with Gasteiger partial charge in [-0.2, -0.15) is 0 Å². The number of rotatable bonds is 2. The molecule has 8 heteroatoms. The fourth-order valence-electron chi connectivity index (χ4n) is 1.14. The number of nitrogens with two attached hydrogens (primary N) is 1. The smallest absolute Gasteiger partial charge is 0.284 e. The summed E-state index contributed by atoms with van der Waals surface area (Å²) in [7, 11) is -3.68. The monoisotopic (exact) mass is 257 g/mol. The van der Waals surface area contributed by atoms with Gasteiger partial charge in [0, 0.05) is 5.56 Å². The lowest BCUT2D eigenvalue weighted by Gasteiger charge is -1.98. The van der Waals surface area contributed by atoms with Crippen LogP contribution in [-0.4, -0.2) is 18.6 Å². The zero-order valence-corrected chi connectivity index (χ0v) is 9.51. The maximum Gasteiger partial charge on any atom is 0.284 e. The van der Waals surface area contributed by atoms with Gasteiger partial charge in [-0.25, -0.2) is 18.7 Å². The van der Waals surface area contributed by atoms with Crippen molar-refractivity contribution >= 4 is 22.2 Å². The number of primary sulfonamides is 1. The Morgan fingerprint density at radius 2 is 1.94 bits per heavy atom. The van der Waals surface area contributed by atoms with Crippen molar-refractivity contribution in [3.63, 3.8) is 0 Å². The van der Waals surface area contributed by atoms with Crippen molar-refractivity contribution in [1.29, 1.82) is 0 Å². The van der Waals surface area contributed by atoms with Crippen LogP contribution in [0, 0.1) is 4.84 Å². The molecule has 3 N–H and O–H groups in total. The van der Waals surface area contributed by atoms with Gasteiger partial charge in [-0.15, -0.1) is 5.10 Å². The van der Waals surface area contributed by atoms with Crippen LogP contribution >= 0.6 is 12.2 Å². The van der Waals surface area contributed by atoms with E-state index in [2.05, 4.69) is 10.2 Å². The van der Waals surface area contributed by atoms with Gasteiger partial charge in [0.1, 0.15) is 0 Å². The molecule has 0 radical (unpaired) electrons. The van der Waals surface area contributed by atoms with Crippen molar-refractivity contribution in [2.45, 2.75) is 4.90 Å². The van der Waals surface area contributed by atoms with Gasteiger partial charge >= 0.3 is 0 Å². The van der Waals surface area contributed by atoms with E-state index in [1.165, 1.54) is 24.3 Å². The summed E-state index contributed by atoms with van der Waals surface area (Å²) in [6, 6.07) is 5.82. The lowest BCUT2D eigenvalue weighted by molar-refractivity contribution is 0.552. The molecule has 2 rings (SSSR count). The van der Waals surface area contributed by atoms with Crippen LogP contribution in [0.25, 0.3) is 11.5 Å². The highest BCUT2D eigenvalue weighted by Gasteiger charge is 2.09. The molecule has 84 valence electrons. The molecule has 1 aromatic carbocycles. The van der Waals surface area contributed by atoms with Gasteiger partial charge in [-0.1, -0.05) is 0 Å². The van der Waals surface area contributed by atoms with Crippen LogP contribution in [-0.2, 0) is 10.0 Å². The number of nitrogens with zero attached hydrogens (tertiary/aromatic N) is 1. The molecule has 0 unspecified atom stereocenters. The number of aromatic amines is 1. The highest BCUT2D eigenvalue weighted by Crippen LogP contribution is 2.18. The van der Waals surface area contributed by atoms with Crippen LogP contribution in [0.1, 0.15) is 0 Å². The molecule has 0 aliphatic carbocycles. The topological polar surface area (TPSA) is 102 Å². The molecule has 1 aromatic heterocycles. The van der Waals surface area contributed by atoms with E-state index < -0.39 is 10.0 Å². The Hall–Kier alpha value is -1.51. The van der Waals surface area contributed by atoms with E-state index in [-0.39, 0.29) is 9.73 Å². The molecule has 0 saturated carbocycles. The maximum atomic E-state index is 11.0. The minimum absolute atomic E-state index is 0.0328. The second-order valence-electron chi connectivity index (χ2n) is 2.99. The number of nitrogens with one attached hydrogen (secondary N) is 1.